The van der Waals surface area contributed by atoms with E-state index in [2.05, 4.69) is 4.74 Å². The molecule has 1 aromatic carbocycles. The van der Waals surface area contributed by atoms with Crippen molar-refractivity contribution in [2.45, 2.75) is 39.7 Å². The van der Waals surface area contributed by atoms with Crippen LogP contribution in [0.15, 0.2) is 17.7 Å². The Morgan fingerprint density at radius 3 is 2.41 bits per heavy atom. The van der Waals surface area contributed by atoms with Crippen LogP contribution in [0.4, 0.5) is 13.2 Å². The van der Waals surface area contributed by atoms with Crippen LogP contribution >= 0.6 is 0 Å². The van der Waals surface area contributed by atoms with Crippen LogP contribution in [0.5, 0.6) is 0 Å². The number of hydrogen-bond acceptors (Lipinski definition) is 5. The highest BCUT2D eigenvalue weighted by molar-refractivity contribution is 6.07. The van der Waals surface area contributed by atoms with Gasteiger partial charge in [0.1, 0.15) is 6.61 Å². The molecule has 0 amide bonds. The fraction of sp³-hybridized carbons (Fsp3) is 0.350. The van der Waals surface area contributed by atoms with Gasteiger partial charge in [0, 0.05) is 17.5 Å². The number of carbonyl (C=O) groups is 3. The molecule has 0 saturated carbocycles. The normalized spacial score (nSPS) is 13.0. The Balaban J connectivity index is 2.65. The van der Waals surface area contributed by atoms with Crippen LogP contribution in [0.1, 0.15) is 62.7 Å². The topological polar surface area (TPSA) is 89.9 Å². The van der Waals surface area contributed by atoms with Gasteiger partial charge >= 0.3 is 24.0 Å². The number of carboxylic acids is 1. The zero-order chi connectivity index (χ0) is 21.9. The minimum atomic E-state index is -2.60. The van der Waals surface area contributed by atoms with E-state index in [1.807, 2.05) is 0 Å². The zero-order valence-corrected chi connectivity index (χ0v) is 16.0. The fourth-order valence-electron chi connectivity index (χ4n) is 3.22. The quantitative estimate of drug-likeness (QED) is 0.529. The summed E-state index contributed by atoms with van der Waals surface area (Å²) in [6.07, 6.45) is -0.968. The van der Waals surface area contributed by atoms with Crippen molar-refractivity contribution in [1.82, 2.24) is 0 Å². The van der Waals surface area contributed by atoms with E-state index in [9.17, 15) is 32.7 Å². The molecule has 2 rings (SSSR count). The van der Waals surface area contributed by atoms with Crippen molar-refractivity contribution in [2.24, 2.45) is 0 Å². The van der Waals surface area contributed by atoms with E-state index >= 15 is 0 Å². The highest BCUT2D eigenvalue weighted by Crippen LogP contribution is 2.39. The number of methoxy groups -OCH3 is 1. The summed E-state index contributed by atoms with van der Waals surface area (Å²) in [4.78, 5) is 35.2. The number of esters is 2. The summed E-state index contributed by atoms with van der Waals surface area (Å²) in [5, 5.41) is 9.64. The summed E-state index contributed by atoms with van der Waals surface area (Å²) in [5.41, 5.74) is -0.876. The summed E-state index contributed by atoms with van der Waals surface area (Å²) < 4.78 is 49.9. The first-order valence-corrected chi connectivity index (χ1v) is 8.62. The van der Waals surface area contributed by atoms with E-state index in [1.165, 1.54) is 20.1 Å². The number of cyclic esters (lactones) is 1. The summed E-state index contributed by atoms with van der Waals surface area (Å²) in [6.45, 7) is 2.67. The SMILES string of the molecule is COC(=O)CC/C(C)=C/Cc1c(C(F)=C(F)F)c(C)c2c(c1C(=O)O)C(=O)OC2. The van der Waals surface area contributed by atoms with Gasteiger partial charge in [-0.25, -0.2) is 14.0 Å². The van der Waals surface area contributed by atoms with Crippen molar-refractivity contribution in [1.29, 1.82) is 0 Å². The van der Waals surface area contributed by atoms with Crippen molar-refractivity contribution < 1.29 is 42.1 Å². The molecule has 1 aliphatic rings. The van der Waals surface area contributed by atoms with E-state index in [0.717, 1.165) is 0 Å². The Morgan fingerprint density at radius 1 is 1.21 bits per heavy atom. The first kappa shape index (κ1) is 22.2. The summed E-state index contributed by atoms with van der Waals surface area (Å²) in [7, 11) is 1.24. The maximum absolute atomic E-state index is 14.3. The second kappa shape index (κ2) is 8.93. The lowest BCUT2D eigenvalue weighted by Crippen LogP contribution is -2.14. The predicted molar refractivity (Wildman–Crippen MR) is 96.2 cm³/mol. The summed E-state index contributed by atoms with van der Waals surface area (Å²) >= 11 is 0. The number of halogens is 3. The molecule has 1 aliphatic heterocycles. The molecule has 0 bridgehead atoms. The summed E-state index contributed by atoms with van der Waals surface area (Å²) in [6, 6.07) is 0. The second-order valence-corrected chi connectivity index (χ2v) is 6.49. The number of hydrogen-bond donors (Lipinski definition) is 1. The van der Waals surface area contributed by atoms with E-state index < -0.39 is 40.9 Å². The number of ether oxygens (including phenoxy) is 2. The van der Waals surface area contributed by atoms with Crippen molar-refractivity contribution in [3.05, 3.63) is 51.1 Å². The molecule has 29 heavy (non-hydrogen) atoms. The Hall–Kier alpha value is -3.10. The maximum atomic E-state index is 14.3. The van der Waals surface area contributed by atoms with Crippen LogP contribution in [-0.4, -0.2) is 30.1 Å². The van der Waals surface area contributed by atoms with Crippen LogP contribution in [0.2, 0.25) is 0 Å². The number of rotatable bonds is 7. The lowest BCUT2D eigenvalue weighted by atomic mass is 9.85. The largest absolute Gasteiger partial charge is 0.478 e. The Labute approximate surface area is 164 Å². The minimum absolute atomic E-state index is 0.0248. The van der Waals surface area contributed by atoms with Gasteiger partial charge in [-0.05, 0) is 37.8 Å². The van der Waals surface area contributed by atoms with Crippen molar-refractivity contribution in [3.8, 4) is 0 Å². The van der Waals surface area contributed by atoms with Gasteiger partial charge in [0.2, 0.25) is 0 Å². The van der Waals surface area contributed by atoms with Gasteiger partial charge in [-0.15, -0.1) is 0 Å². The molecule has 1 aromatic rings. The van der Waals surface area contributed by atoms with E-state index in [4.69, 9.17) is 4.74 Å². The Bertz CT molecular complexity index is 942. The number of carboxylic acid groups (broad SMARTS) is 1. The van der Waals surface area contributed by atoms with Crippen LogP contribution in [-0.2, 0) is 27.3 Å². The van der Waals surface area contributed by atoms with E-state index in [0.29, 0.717) is 5.57 Å². The zero-order valence-electron chi connectivity index (χ0n) is 16.0. The van der Waals surface area contributed by atoms with Gasteiger partial charge in [0.25, 0.3) is 0 Å². The predicted octanol–water partition coefficient (Wildman–Crippen LogP) is 4.34. The van der Waals surface area contributed by atoms with Crippen LogP contribution < -0.4 is 0 Å². The molecular weight excluding hydrogens is 393 g/mol. The third-order valence-corrected chi connectivity index (χ3v) is 4.74. The number of aromatic carboxylic acids is 1. The first-order valence-electron chi connectivity index (χ1n) is 8.62. The van der Waals surface area contributed by atoms with Crippen molar-refractivity contribution in [3.63, 3.8) is 0 Å². The van der Waals surface area contributed by atoms with Gasteiger partial charge < -0.3 is 14.6 Å². The molecule has 0 radical (unpaired) electrons. The smallest absolute Gasteiger partial charge is 0.339 e. The molecule has 0 aromatic heterocycles. The van der Waals surface area contributed by atoms with Crippen LogP contribution in [0.25, 0.3) is 5.83 Å². The molecule has 0 spiro atoms. The lowest BCUT2D eigenvalue weighted by molar-refractivity contribution is -0.140. The molecule has 0 saturated heterocycles. The van der Waals surface area contributed by atoms with Crippen LogP contribution in [0, 0.1) is 6.92 Å². The van der Waals surface area contributed by atoms with Crippen molar-refractivity contribution in [2.75, 3.05) is 7.11 Å². The Kier molecular flexibility index (Phi) is 6.84. The molecule has 9 heteroatoms. The number of benzene rings is 1. The first-order chi connectivity index (χ1) is 13.6. The van der Waals surface area contributed by atoms with Gasteiger partial charge in [-0.1, -0.05) is 11.6 Å². The highest BCUT2D eigenvalue weighted by Gasteiger charge is 2.35. The highest BCUT2D eigenvalue weighted by atomic mass is 19.3. The molecule has 1 heterocycles. The monoisotopic (exact) mass is 412 g/mol. The molecule has 156 valence electrons. The number of carbonyl (C=O) groups excluding carboxylic acids is 2. The number of allylic oxidation sites excluding steroid dienone is 2. The molecule has 0 unspecified atom stereocenters. The Morgan fingerprint density at radius 2 is 1.86 bits per heavy atom. The average Bonchev–Trinajstić information content (AvgIpc) is 3.05. The second-order valence-electron chi connectivity index (χ2n) is 6.49. The lowest BCUT2D eigenvalue weighted by Gasteiger charge is -2.17. The van der Waals surface area contributed by atoms with Gasteiger partial charge in [-0.2, -0.15) is 8.78 Å². The van der Waals surface area contributed by atoms with Gasteiger partial charge in [0.15, 0.2) is 5.83 Å². The third kappa shape index (κ3) is 4.49. The van der Waals surface area contributed by atoms with Gasteiger partial charge in [-0.3, -0.25) is 4.79 Å². The average molecular weight is 412 g/mol. The molecule has 0 fully saturated rings. The summed E-state index contributed by atoms with van der Waals surface area (Å²) in [5.74, 6) is -4.74. The fourth-order valence-corrected chi connectivity index (χ4v) is 3.22. The number of fused-ring (bicyclic) bond motifs is 1. The molecule has 0 atom stereocenters. The van der Waals surface area contributed by atoms with E-state index in [1.54, 1.807) is 6.92 Å². The maximum Gasteiger partial charge on any atom is 0.339 e. The molecular formula is C20H19F3O6. The molecule has 6 nitrogen and oxygen atoms in total. The van der Waals surface area contributed by atoms with Crippen molar-refractivity contribution >= 4 is 23.7 Å². The standard InChI is InChI=1S/C20H19F3O6/c1-9(5-7-13(24)28-3)4-6-11-14(17(21)18(22)23)10(2)12-8-29-20(27)16(12)15(11)19(25)26/h4H,5-8H2,1-3H3,(H,25,26)/b9-4+. The third-order valence-electron chi connectivity index (χ3n) is 4.74. The molecule has 0 aliphatic carbocycles. The van der Waals surface area contributed by atoms with E-state index in [-0.39, 0.29) is 48.1 Å². The molecule has 1 N–H and O–H groups in total. The minimum Gasteiger partial charge on any atom is -0.478 e. The van der Waals surface area contributed by atoms with Gasteiger partial charge in [0.05, 0.1) is 18.2 Å². The van der Waals surface area contributed by atoms with Crippen LogP contribution in [0.3, 0.4) is 0 Å².